The minimum Gasteiger partial charge on any atom is -0.0721 e. The minimum absolute atomic E-state index is 0. The molecule has 0 bridgehead atoms. The number of benzene rings is 1. The Morgan fingerprint density at radius 2 is 1.55 bits per heavy atom. The topological polar surface area (TPSA) is 0 Å². The van der Waals surface area contributed by atoms with Crippen molar-refractivity contribution in [2.75, 3.05) is 0 Å². The monoisotopic (exact) mass is 582 g/mol. The second-order valence-corrected chi connectivity index (χ2v) is 10.6. The van der Waals surface area contributed by atoms with E-state index in [4.69, 9.17) is 0 Å². The van der Waals surface area contributed by atoms with Crippen LogP contribution in [0.4, 0.5) is 0 Å². The summed E-state index contributed by atoms with van der Waals surface area (Å²) in [4.78, 5) is 0. The van der Waals surface area contributed by atoms with Crippen molar-refractivity contribution >= 4 is 6.08 Å². The van der Waals surface area contributed by atoms with Gasteiger partial charge in [-0.1, -0.05) is 75.5 Å². The molecule has 0 amide bonds. The fourth-order valence-electron chi connectivity index (χ4n) is 7.70. The van der Waals surface area contributed by atoms with E-state index in [-0.39, 0.29) is 36.7 Å². The average Bonchev–Trinajstić information content (AvgIpc) is 3.20. The Morgan fingerprint density at radius 3 is 2.16 bits per heavy atom. The van der Waals surface area contributed by atoms with Crippen molar-refractivity contribution in [1.82, 2.24) is 0 Å². The molecule has 1 heteroatoms. The molecule has 4 rings (SSSR count). The molecule has 0 N–H and O–H groups in total. The summed E-state index contributed by atoms with van der Waals surface area (Å²) in [5.74, 6) is 0.571. The van der Waals surface area contributed by atoms with Crippen molar-refractivity contribution in [2.45, 2.75) is 105 Å². The van der Waals surface area contributed by atoms with Gasteiger partial charge in [0.15, 0.2) is 0 Å². The number of fused-ring (bicyclic) bond motifs is 3. The summed E-state index contributed by atoms with van der Waals surface area (Å²) >= 11 is 0. The number of rotatable bonds is 6. The van der Waals surface area contributed by atoms with E-state index in [1.165, 1.54) is 56.9 Å². The first-order valence-corrected chi connectivity index (χ1v) is 12.5. The van der Waals surface area contributed by atoms with Gasteiger partial charge in [-0.3, -0.25) is 0 Å². The summed E-state index contributed by atoms with van der Waals surface area (Å²) in [5, 5.41) is 0. The Hall–Kier alpha value is -0.690. The molecule has 0 spiro atoms. The normalized spacial score (nSPS) is 24.0. The van der Waals surface area contributed by atoms with Crippen molar-refractivity contribution in [3.63, 3.8) is 0 Å². The zero-order chi connectivity index (χ0) is 21.7. The molecule has 1 aromatic carbocycles. The van der Waals surface area contributed by atoms with Crippen LogP contribution >= 0.6 is 0 Å². The molecule has 31 heavy (non-hydrogen) atoms. The number of unbranched alkanes of at least 4 members (excludes halogenated alkanes) is 2. The summed E-state index contributed by atoms with van der Waals surface area (Å²) in [6.07, 6.45) is 15.6. The Bertz CT molecular complexity index is 915. The van der Waals surface area contributed by atoms with Gasteiger partial charge in [-0.15, -0.1) is 0 Å². The maximum absolute atomic E-state index is 2.67. The molecule has 0 aliphatic heterocycles. The van der Waals surface area contributed by atoms with Crippen LogP contribution in [0.15, 0.2) is 40.5 Å². The van der Waals surface area contributed by atoms with Crippen LogP contribution in [0.1, 0.15) is 109 Å². The van der Waals surface area contributed by atoms with Crippen molar-refractivity contribution in [3.8, 4) is 0 Å². The Labute approximate surface area is 210 Å². The van der Waals surface area contributed by atoms with E-state index in [0.29, 0.717) is 5.92 Å². The first-order valence-electron chi connectivity index (χ1n) is 12.5. The van der Waals surface area contributed by atoms with Crippen LogP contribution in [0.2, 0.25) is 0 Å². The number of aryl methyl sites for hydroxylation is 1. The molecule has 3 aliphatic rings. The molecule has 166 valence electrons. The van der Waals surface area contributed by atoms with E-state index in [0.717, 1.165) is 0 Å². The summed E-state index contributed by atoms with van der Waals surface area (Å²) in [5.41, 5.74) is 13.1. The van der Waals surface area contributed by atoms with E-state index in [2.05, 4.69) is 72.8 Å². The fraction of sp³-hybridized carbons (Fsp3) is 0.600. The zero-order valence-electron chi connectivity index (χ0n) is 21.0. The summed E-state index contributed by atoms with van der Waals surface area (Å²) in [6.45, 7) is 17.0. The maximum Gasteiger partial charge on any atom is 0.0281 e. The summed E-state index contributed by atoms with van der Waals surface area (Å²) in [6, 6.07) is 4.89. The van der Waals surface area contributed by atoms with Crippen LogP contribution in [0.3, 0.4) is 0 Å². The van der Waals surface area contributed by atoms with E-state index in [1.807, 2.05) is 0 Å². The quantitative estimate of drug-likeness (QED) is 0.233. The molecule has 0 saturated heterocycles. The van der Waals surface area contributed by atoms with Crippen molar-refractivity contribution in [3.05, 3.63) is 62.8 Å². The van der Waals surface area contributed by atoms with Crippen molar-refractivity contribution in [2.24, 2.45) is 11.3 Å². The Morgan fingerprint density at radius 1 is 0.903 bits per heavy atom. The summed E-state index contributed by atoms with van der Waals surface area (Å²) in [7, 11) is 0. The van der Waals surface area contributed by atoms with Gasteiger partial charge in [0.2, 0.25) is 0 Å². The van der Waals surface area contributed by atoms with Crippen molar-refractivity contribution in [1.29, 1.82) is 0 Å². The van der Waals surface area contributed by atoms with E-state index in [1.54, 1.807) is 39.0 Å². The standard InChI is InChI=1S/C30H42.Hf/c1-8-9-12-18-29(30(20(2)3)23(6)21(4)22(5)24(30)7)19-17-26-16-15-25-13-10-11-14-27(25)28(26)29;/h15-17,19-20H,8-14,18H2,1-7H3;. The third-order valence-corrected chi connectivity index (χ3v) is 9.17. The molecule has 0 nitrogen and oxygen atoms in total. The molecular weight excluding hydrogens is 539 g/mol. The van der Waals surface area contributed by atoms with Gasteiger partial charge in [0.1, 0.15) is 0 Å². The van der Waals surface area contributed by atoms with Gasteiger partial charge in [0, 0.05) is 36.7 Å². The molecule has 3 aliphatic carbocycles. The summed E-state index contributed by atoms with van der Waals surface area (Å²) < 4.78 is 0. The van der Waals surface area contributed by atoms with Crippen LogP contribution in [0.25, 0.3) is 6.08 Å². The molecule has 0 radical (unpaired) electrons. The smallest absolute Gasteiger partial charge is 0.0281 e. The fourth-order valence-corrected chi connectivity index (χ4v) is 7.70. The third-order valence-electron chi connectivity index (χ3n) is 9.17. The number of hydrogen-bond donors (Lipinski definition) is 0. The number of hydrogen-bond acceptors (Lipinski definition) is 0. The largest absolute Gasteiger partial charge is 0.0721 e. The number of allylic oxidation sites excluding steroid dienone is 5. The van der Waals surface area contributed by atoms with Crippen LogP contribution in [0.5, 0.6) is 0 Å². The van der Waals surface area contributed by atoms with Gasteiger partial charge in [0.05, 0.1) is 0 Å². The molecule has 0 aromatic heterocycles. The maximum atomic E-state index is 2.67. The van der Waals surface area contributed by atoms with E-state index in [9.17, 15) is 0 Å². The van der Waals surface area contributed by atoms with Gasteiger partial charge in [0.25, 0.3) is 0 Å². The van der Waals surface area contributed by atoms with Crippen LogP contribution in [0, 0.1) is 11.3 Å². The van der Waals surface area contributed by atoms with Gasteiger partial charge in [-0.2, -0.15) is 0 Å². The second-order valence-electron chi connectivity index (χ2n) is 10.6. The average molecular weight is 581 g/mol. The molecule has 1 aromatic rings. The van der Waals surface area contributed by atoms with Crippen LogP contribution < -0.4 is 0 Å². The van der Waals surface area contributed by atoms with E-state index >= 15 is 0 Å². The van der Waals surface area contributed by atoms with Gasteiger partial charge in [-0.25, -0.2) is 0 Å². The Kier molecular flexibility index (Phi) is 7.47. The molecule has 1 unspecified atom stereocenters. The van der Waals surface area contributed by atoms with Crippen LogP contribution in [-0.2, 0) is 44.1 Å². The first-order chi connectivity index (χ1) is 14.3. The van der Waals surface area contributed by atoms with Crippen molar-refractivity contribution < 1.29 is 25.8 Å². The minimum atomic E-state index is 0. The van der Waals surface area contributed by atoms with Gasteiger partial charge >= 0.3 is 0 Å². The first kappa shape index (κ1) is 24.9. The van der Waals surface area contributed by atoms with Crippen LogP contribution in [-0.4, -0.2) is 0 Å². The molecule has 0 saturated carbocycles. The van der Waals surface area contributed by atoms with Gasteiger partial charge in [-0.05, 0) is 99.1 Å². The predicted octanol–water partition coefficient (Wildman–Crippen LogP) is 8.74. The predicted molar refractivity (Wildman–Crippen MR) is 132 cm³/mol. The second kappa shape index (κ2) is 9.28. The molecule has 0 fully saturated rings. The third kappa shape index (κ3) is 3.39. The molecular formula is C30H42Hf. The van der Waals surface area contributed by atoms with Gasteiger partial charge < -0.3 is 0 Å². The zero-order valence-corrected chi connectivity index (χ0v) is 24.6. The molecule has 1 atom stereocenters. The SMILES string of the molecule is CCCCCC1(C2(C(C)C)C(C)=C(C)C(C)=C2C)C=Cc2ccc3c(c21)CCCC3.[Hf]. The Balaban J connectivity index is 0.00000272. The molecule has 0 heterocycles. The van der Waals surface area contributed by atoms with E-state index < -0.39 is 0 Å².